The van der Waals surface area contributed by atoms with Crippen LogP contribution in [-0.2, 0) is 25.5 Å². The van der Waals surface area contributed by atoms with E-state index < -0.39 is 28.3 Å². The summed E-state index contributed by atoms with van der Waals surface area (Å²) < 4.78 is 17.0. The van der Waals surface area contributed by atoms with Gasteiger partial charge in [-0.25, -0.2) is 4.79 Å². The number of hydrogen-bond donors (Lipinski definition) is 1. The molecule has 1 N–H and O–H groups in total. The first kappa shape index (κ1) is 13.9. The molecule has 7 heteroatoms. The predicted molar refractivity (Wildman–Crippen MR) is 73.4 cm³/mol. The van der Waals surface area contributed by atoms with E-state index in [2.05, 4.69) is 10.3 Å². The summed E-state index contributed by atoms with van der Waals surface area (Å²) in [6, 6.07) is 0.241. The quantitative estimate of drug-likeness (QED) is 0.461. The molecule has 1 amide bonds. The number of nitrogens with zero attached hydrogens (tertiary/aromatic N) is 1. The van der Waals surface area contributed by atoms with Crippen molar-refractivity contribution in [1.82, 2.24) is 5.32 Å². The number of ether oxygens (including phenoxy) is 1. The Morgan fingerprint density at radius 2 is 2.30 bits per heavy atom. The van der Waals surface area contributed by atoms with Crippen LogP contribution >= 0.6 is 0 Å². The van der Waals surface area contributed by atoms with Gasteiger partial charge in [-0.2, -0.15) is 0 Å². The maximum absolute atomic E-state index is 12.2. The molecule has 20 heavy (non-hydrogen) atoms. The third-order valence-electron chi connectivity index (χ3n) is 4.39. The van der Waals surface area contributed by atoms with Gasteiger partial charge in [-0.3, -0.25) is 4.79 Å². The highest BCUT2D eigenvalue weighted by atomic mass is 32.2. The minimum absolute atomic E-state index is 0.158. The lowest BCUT2D eigenvalue weighted by Gasteiger charge is -2.23. The highest BCUT2D eigenvalue weighted by molar-refractivity contribution is 8.08. The number of carbonyl (C=O) groups excluding carboxylic acids is 2. The second-order valence-corrected chi connectivity index (χ2v) is 7.06. The van der Waals surface area contributed by atoms with Crippen LogP contribution in [0.15, 0.2) is 4.99 Å². The zero-order valence-electron chi connectivity index (χ0n) is 11.3. The van der Waals surface area contributed by atoms with Gasteiger partial charge in [0.2, 0.25) is 0 Å². The van der Waals surface area contributed by atoms with Crippen LogP contribution in [0.25, 0.3) is 0 Å². The number of nitrogens with one attached hydrogen (secondary N) is 1. The maximum Gasteiger partial charge on any atom is 0.370 e. The van der Waals surface area contributed by atoms with Gasteiger partial charge in [0.25, 0.3) is 5.25 Å². The fraction of sp³-hybridized carbons (Fsp3) is 0.769. The molecule has 2 fully saturated rings. The fourth-order valence-electron chi connectivity index (χ4n) is 3.48. The highest BCUT2D eigenvalue weighted by Crippen LogP contribution is 2.44. The smallest absolute Gasteiger partial charge is 0.370 e. The average molecular weight is 298 g/mol. The largest absolute Gasteiger partial charge is 0.608 e. The Morgan fingerprint density at radius 1 is 1.50 bits per heavy atom. The summed E-state index contributed by atoms with van der Waals surface area (Å²) in [7, 11) is 0. The lowest BCUT2D eigenvalue weighted by molar-refractivity contribution is -0.144. The number of carbonyl (C=O) groups is 2. The molecule has 0 spiro atoms. The SMILES string of the molecule is CCOC(=O)C1C(=O)N=C(N[C@H]2C[C@@H]3CCC2C3)[S+]1[O-]. The first-order valence-electron chi connectivity index (χ1n) is 7.06. The van der Waals surface area contributed by atoms with Gasteiger partial charge in [-0.05, 0) is 38.0 Å². The molecule has 0 aromatic carbocycles. The molecule has 1 aliphatic heterocycles. The van der Waals surface area contributed by atoms with Crippen molar-refractivity contribution in [2.24, 2.45) is 16.8 Å². The van der Waals surface area contributed by atoms with Crippen LogP contribution in [0.3, 0.4) is 0 Å². The van der Waals surface area contributed by atoms with Gasteiger partial charge in [-0.1, -0.05) is 6.42 Å². The van der Waals surface area contributed by atoms with Crippen LogP contribution in [-0.4, -0.2) is 39.5 Å². The Morgan fingerprint density at radius 3 is 2.90 bits per heavy atom. The predicted octanol–water partition coefficient (Wildman–Crippen LogP) is 0.341. The highest BCUT2D eigenvalue weighted by Gasteiger charge is 2.50. The van der Waals surface area contributed by atoms with Crippen molar-refractivity contribution in [3.8, 4) is 0 Å². The normalized spacial score (nSPS) is 39.0. The van der Waals surface area contributed by atoms with Crippen LogP contribution in [0.5, 0.6) is 0 Å². The Kier molecular flexibility index (Phi) is 3.72. The molecule has 3 unspecified atom stereocenters. The molecule has 3 aliphatic rings. The molecule has 2 aliphatic carbocycles. The summed E-state index contributed by atoms with van der Waals surface area (Å²) in [5, 5.41) is 2.01. The van der Waals surface area contributed by atoms with E-state index in [1.54, 1.807) is 6.92 Å². The Labute approximate surface area is 120 Å². The molecule has 0 saturated heterocycles. The maximum atomic E-state index is 12.2. The molecule has 2 saturated carbocycles. The van der Waals surface area contributed by atoms with Crippen molar-refractivity contribution < 1.29 is 18.9 Å². The molecule has 1 heterocycles. The summed E-state index contributed by atoms with van der Waals surface area (Å²) in [6.45, 7) is 1.81. The summed E-state index contributed by atoms with van der Waals surface area (Å²) >= 11 is -1.74. The number of aliphatic imine (C=N–C) groups is 1. The van der Waals surface area contributed by atoms with Crippen molar-refractivity contribution in [2.45, 2.75) is 43.9 Å². The van der Waals surface area contributed by atoms with Gasteiger partial charge in [0.05, 0.1) is 6.61 Å². The number of amides is 1. The topological polar surface area (TPSA) is 90.8 Å². The van der Waals surface area contributed by atoms with Gasteiger partial charge >= 0.3 is 17.0 Å². The summed E-state index contributed by atoms with van der Waals surface area (Å²) in [5.74, 6) is -0.0855. The minimum Gasteiger partial charge on any atom is -0.608 e. The van der Waals surface area contributed by atoms with Crippen molar-refractivity contribution in [3.05, 3.63) is 0 Å². The molecule has 5 atom stereocenters. The number of rotatable bonds is 3. The van der Waals surface area contributed by atoms with Gasteiger partial charge in [0.15, 0.2) is 0 Å². The molecule has 3 rings (SSSR count). The van der Waals surface area contributed by atoms with E-state index in [0.29, 0.717) is 5.92 Å². The van der Waals surface area contributed by atoms with E-state index in [-0.39, 0.29) is 17.8 Å². The van der Waals surface area contributed by atoms with Gasteiger partial charge in [-0.15, -0.1) is 4.99 Å². The number of esters is 1. The Balaban J connectivity index is 1.65. The number of fused-ring (bicyclic) bond motifs is 2. The fourth-order valence-corrected chi connectivity index (χ4v) is 4.63. The lowest BCUT2D eigenvalue weighted by atomic mass is 9.96. The average Bonchev–Trinajstić information content (AvgIpc) is 3.06. The van der Waals surface area contributed by atoms with E-state index in [0.717, 1.165) is 12.3 Å². The third-order valence-corrected chi connectivity index (χ3v) is 5.80. The molecule has 0 aromatic heterocycles. The number of hydrogen-bond acceptors (Lipinski definition) is 5. The standard InChI is InChI=1S/C13H18N2O4S/c1-2-19-12(17)10-11(16)15-13(20(10)18)14-9-6-7-3-4-8(9)5-7/h7-10H,2-6H2,1H3,(H,14,15,16)/t7-,8?,9+,10?,20?/m1/s1. The second-order valence-electron chi connectivity index (χ2n) is 5.61. The van der Waals surface area contributed by atoms with Crippen molar-refractivity contribution in [3.63, 3.8) is 0 Å². The molecule has 0 radical (unpaired) electrons. The minimum atomic E-state index is -1.74. The van der Waals surface area contributed by atoms with Crippen LogP contribution < -0.4 is 5.32 Å². The van der Waals surface area contributed by atoms with Crippen LogP contribution in [0, 0.1) is 11.8 Å². The lowest BCUT2D eigenvalue weighted by Crippen LogP contribution is -2.44. The zero-order valence-corrected chi connectivity index (χ0v) is 12.1. The van der Waals surface area contributed by atoms with Crippen molar-refractivity contribution in [2.75, 3.05) is 6.61 Å². The first-order valence-corrected chi connectivity index (χ1v) is 8.27. The second kappa shape index (κ2) is 5.37. The van der Waals surface area contributed by atoms with E-state index >= 15 is 0 Å². The van der Waals surface area contributed by atoms with Gasteiger partial charge in [0.1, 0.15) is 0 Å². The van der Waals surface area contributed by atoms with E-state index in [1.165, 1.54) is 19.3 Å². The third kappa shape index (κ3) is 2.33. The first-order chi connectivity index (χ1) is 9.60. The summed E-state index contributed by atoms with van der Waals surface area (Å²) in [5.41, 5.74) is 0. The molecular formula is C13H18N2O4S. The van der Waals surface area contributed by atoms with E-state index in [9.17, 15) is 14.1 Å². The monoisotopic (exact) mass is 298 g/mol. The van der Waals surface area contributed by atoms with Crippen molar-refractivity contribution >= 4 is 28.2 Å². The summed E-state index contributed by atoms with van der Waals surface area (Å²) in [6.07, 6.45) is 4.69. The summed E-state index contributed by atoms with van der Waals surface area (Å²) in [4.78, 5) is 27.1. The van der Waals surface area contributed by atoms with Gasteiger partial charge in [0, 0.05) is 17.2 Å². The molecule has 6 nitrogen and oxygen atoms in total. The van der Waals surface area contributed by atoms with Crippen LogP contribution in [0.4, 0.5) is 0 Å². The molecule has 0 aromatic rings. The Hall–Kier alpha value is -1.08. The molecular weight excluding hydrogens is 280 g/mol. The van der Waals surface area contributed by atoms with E-state index in [4.69, 9.17) is 4.74 Å². The number of amidine groups is 1. The molecule has 110 valence electrons. The Bertz CT molecular complexity index is 467. The van der Waals surface area contributed by atoms with Crippen molar-refractivity contribution in [1.29, 1.82) is 0 Å². The van der Waals surface area contributed by atoms with Crippen LogP contribution in [0.1, 0.15) is 32.6 Å². The zero-order chi connectivity index (χ0) is 14.3. The van der Waals surface area contributed by atoms with E-state index in [1.807, 2.05) is 0 Å². The van der Waals surface area contributed by atoms with Gasteiger partial charge < -0.3 is 14.6 Å². The van der Waals surface area contributed by atoms with Crippen LogP contribution in [0.2, 0.25) is 0 Å². The molecule has 2 bridgehead atoms.